The van der Waals surface area contributed by atoms with Crippen molar-refractivity contribution >= 4 is 51.2 Å². The summed E-state index contributed by atoms with van der Waals surface area (Å²) >= 11 is 0. The van der Waals surface area contributed by atoms with Gasteiger partial charge in [-0.15, -0.1) is 0 Å². The van der Waals surface area contributed by atoms with Crippen LogP contribution in [-0.4, -0.2) is 0 Å². The Labute approximate surface area is 381 Å². The SMILES string of the molecule is c1ccc(C2c3ccccc3N(c3cccc(-c4ccc(N(c5ccccc5)c5ccc(-c6cccc(N7c8ccccc8Cc8ccccc87)c6)cc5)cc4)c3)c3ccccc32)cc1. The van der Waals surface area contributed by atoms with Gasteiger partial charge in [-0.05, 0) is 135 Å². The molecule has 0 spiro atoms. The van der Waals surface area contributed by atoms with Crippen molar-refractivity contribution in [1.29, 1.82) is 0 Å². The third-order valence-corrected chi connectivity index (χ3v) is 13.1. The molecule has 0 N–H and O–H groups in total. The van der Waals surface area contributed by atoms with Crippen molar-refractivity contribution in [2.45, 2.75) is 12.3 Å². The summed E-state index contributed by atoms with van der Waals surface area (Å²) in [5.41, 5.74) is 21.8. The molecule has 0 fully saturated rings. The fraction of sp³-hybridized carbons (Fsp3) is 0.0323. The Morgan fingerprint density at radius 1 is 0.308 bits per heavy atom. The predicted molar refractivity (Wildman–Crippen MR) is 272 cm³/mol. The van der Waals surface area contributed by atoms with Crippen LogP contribution in [0.5, 0.6) is 0 Å². The Kier molecular flexibility index (Phi) is 9.65. The monoisotopic (exact) mass is 831 g/mol. The second-order valence-electron chi connectivity index (χ2n) is 16.9. The first-order valence-electron chi connectivity index (χ1n) is 22.5. The summed E-state index contributed by atoms with van der Waals surface area (Å²) in [4.78, 5) is 7.19. The van der Waals surface area contributed by atoms with E-state index in [-0.39, 0.29) is 5.92 Å². The number of nitrogens with zero attached hydrogens (tertiary/aromatic N) is 3. The average molecular weight is 832 g/mol. The maximum Gasteiger partial charge on any atom is 0.0503 e. The van der Waals surface area contributed by atoms with Crippen LogP contribution >= 0.6 is 0 Å². The van der Waals surface area contributed by atoms with Crippen LogP contribution in [0.3, 0.4) is 0 Å². The zero-order valence-corrected chi connectivity index (χ0v) is 35.9. The zero-order valence-electron chi connectivity index (χ0n) is 35.9. The van der Waals surface area contributed by atoms with Gasteiger partial charge in [0.05, 0.1) is 11.4 Å². The molecule has 2 heterocycles. The van der Waals surface area contributed by atoms with Gasteiger partial charge in [-0.2, -0.15) is 0 Å². The third-order valence-electron chi connectivity index (χ3n) is 13.1. The maximum atomic E-state index is 2.44. The molecule has 0 radical (unpaired) electrons. The number of rotatable bonds is 8. The fourth-order valence-corrected chi connectivity index (χ4v) is 10.1. The van der Waals surface area contributed by atoms with Gasteiger partial charge in [0.1, 0.15) is 0 Å². The molecule has 2 aliphatic heterocycles. The summed E-state index contributed by atoms with van der Waals surface area (Å²) in [6, 6.07) is 92.7. The number of anilines is 9. The minimum atomic E-state index is 0.160. The summed E-state index contributed by atoms with van der Waals surface area (Å²) in [5, 5.41) is 0. The number of fused-ring (bicyclic) bond motifs is 4. The van der Waals surface area contributed by atoms with Crippen LogP contribution in [0.25, 0.3) is 22.3 Å². The third kappa shape index (κ3) is 6.95. The van der Waals surface area contributed by atoms with Crippen LogP contribution in [0, 0.1) is 0 Å². The molecule has 10 aromatic carbocycles. The summed E-state index contributed by atoms with van der Waals surface area (Å²) < 4.78 is 0. The molecule has 10 aromatic rings. The van der Waals surface area contributed by atoms with E-state index in [1.54, 1.807) is 0 Å². The van der Waals surface area contributed by atoms with Crippen molar-refractivity contribution in [2.75, 3.05) is 14.7 Å². The number of hydrogen-bond acceptors (Lipinski definition) is 3. The van der Waals surface area contributed by atoms with Crippen molar-refractivity contribution in [3.05, 3.63) is 283 Å². The van der Waals surface area contributed by atoms with Gasteiger partial charge in [0.2, 0.25) is 0 Å². The van der Waals surface area contributed by atoms with Gasteiger partial charge in [0.25, 0.3) is 0 Å². The first-order valence-corrected chi connectivity index (χ1v) is 22.5. The number of hydrogen-bond donors (Lipinski definition) is 0. The molecular formula is C62H45N3. The summed E-state index contributed by atoms with van der Waals surface area (Å²) in [7, 11) is 0. The summed E-state index contributed by atoms with van der Waals surface area (Å²) in [6.07, 6.45) is 0.942. The highest BCUT2D eigenvalue weighted by Crippen LogP contribution is 2.52. The van der Waals surface area contributed by atoms with E-state index in [2.05, 4.69) is 269 Å². The van der Waals surface area contributed by atoms with E-state index in [0.29, 0.717) is 0 Å². The van der Waals surface area contributed by atoms with E-state index in [1.807, 2.05) is 0 Å². The molecule has 0 saturated heterocycles. The molecule has 0 saturated carbocycles. The van der Waals surface area contributed by atoms with Gasteiger partial charge < -0.3 is 14.7 Å². The van der Waals surface area contributed by atoms with Gasteiger partial charge in [0.15, 0.2) is 0 Å². The van der Waals surface area contributed by atoms with Gasteiger partial charge in [-0.3, -0.25) is 0 Å². The number of para-hydroxylation sites is 5. The maximum absolute atomic E-state index is 2.44. The summed E-state index contributed by atoms with van der Waals surface area (Å²) in [5.74, 6) is 0.160. The van der Waals surface area contributed by atoms with Gasteiger partial charge in [-0.25, -0.2) is 0 Å². The first-order chi connectivity index (χ1) is 32.2. The van der Waals surface area contributed by atoms with Crippen LogP contribution in [-0.2, 0) is 6.42 Å². The molecular weight excluding hydrogens is 787 g/mol. The smallest absolute Gasteiger partial charge is 0.0503 e. The molecule has 3 nitrogen and oxygen atoms in total. The second kappa shape index (κ2) is 16.4. The van der Waals surface area contributed by atoms with Crippen molar-refractivity contribution in [1.82, 2.24) is 0 Å². The minimum Gasteiger partial charge on any atom is -0.311 e. The molecule has 12 rings (SSSR count). The Hall–Kier alpha value is -8.40. The van der Waals surface area contributed by atoms with Gasteiger partial charge in [-0.1, -0.05) is 170 Å². The van der Waals surface area contributed by atoms with E-state index in [4.69, 9.17) is 0 Å². The van der Waals surface area contributed by atoms with Crippen LogP contribution in [0.15, 0.2) is 255 Å². The Morgan fingerprint density at radius 3 is 1.22 bits per heavy atom. The lowest BCUT2D eigenvalue weighted by Gasteiger charge is -2.38. The fourth-order valence-electron chi connectivity index (χ4n) is 10.1. The standard InChI is InChI=1S/C62H45N3/c1-3-17-46(18-4-1)62-56-27-9-13-31-60(56)65(61-32-14-10-28-57(61)62)55-26-16-22-48(43-55)45-35-39-53(40-36-45)63(51-23-5-2-6-24-51)52-37-33-44(34-38-52)47-21-15-25-54(42-47)64-58-29-11-7-19-49(58)41-50-20-8-12-30-59(50)64/h1-40,42-43,62H,41H2. The van der Waals surface area contributed by atoms with Crippen LogP contribution < -0.4 is 14.7 Å². The molecule has 2 aliphatic rings. The Bertz CT molecular complexity index is 3210. The highest BCUT2D eigenvalue weighted by Gasteiger charge is 2.32. The lowest BCUT2D eigenvalue weighted by molar-refractivity contribution is 0.939. The van der Waals surface area contributed by atoms with E-state index < -0.39 is 0 Å². The van der Waals surface area contributed by atoms with E-state index in [9.17, 15) is 0 Å². The van der Waals surface area contributed by atoms with Crippen molar-refractivity contribution in [3.8, 4) is 22.3 Å². The van der Waals surface area contributed by atoms with Crippen molar-refractivity contribution in [3.63, 3.8) is 0 Å². The number of benzene rings is 10. The highest BCUT2D eigenvalue weighted by atomic mass is 15.2. The first kappa shape index (κ1) is 38.3. The molecule has 308 valence electrons. The van der Waals surface area contributed by atoms with Crippen molar-refractivity contribution in [2.24, 2.45) is 0 Å². The predicted octanol–water partition coefficient (Wildman–Crippen LogP) is 16.8. The van der Waals surface area contributed by atoms with Crippen LogP contribution in [0.1, 0.15) is 33.7 Å². The quantitative estimate of drug-likeness (QED) is 0.151. The van der Waals surface area contributed by atoms with E-state index in [0.717, 1.165) is 34.9 Å². The lowest BCUT2D eigenvalue weighted by Crippen LogP contribution is -2.22. The largest absolute Gasteiger partial charge is 0.311 e. The minimum absolute atomic E-state index is 0.160. The molecule has 0 atom stereocenters. The van der Waals surface area contributed by atoms with E-state index in [1.165, 1.54) is 72.8 Å². The van der Waals surface area contributed by atoms with Gasteiger partial charge >= 0.3 is 0 Å². The molecule has 3 heteroatoms. The Morgan fingerprint density at radius 2 is 0.708 bits per heavy atom. The molecule has 0 unspecified atom stereocenters. The van der Waals surface area contributed by atoms with E-state index >= 15 is 0 Å². The average Bonchev–Trinajstić information content (AvgIpc) is 3.38. The van der Waals surface area contributed by atoms with Gasteiger partial charge in [0, 0.05) is 52.2 Å². The second-order valence-corrected chi connectivity index (χ2v) is 16.9. The van der Waals surface area contributed by atoms with Crippen LogP contribution in [0.2, 0.25) is 0 Å². The topological polar surface area (TPSA) is 9.72 Å². The molecule has 0 aliphatic carbocycles. The lowest BCUT2D eigenvalue weighted by atomic mass is 9.80. The highest BCUT2D eigenvalue weighted by molar-refractivity contribution is 5.89. The molecule has 0 bridgehead atoms. The molecule has 0 aromatic heterocycles. The normalized spacial score (nSPS) is 12.7. The summed E-state index contributed by atoms with van der Waals surface area (Å²) in [6.45, 7) is 0. The van der Waals surface area contributed by atoms with Crippen LogP contribution in [0.4, 0.5) is 51.2 Å². The van der Waals surface area contributed by atoms with Crippen molar-refractivity contribution < 1.29 is 0 Å². The zero-order chi connectivity index (χ0) is 43.1. The molecule has 65 heavy (non-hydrogen) atoms. The molecule has 0 amide bonds. The Balaban J connectivity index is 0.858.